The molecule has 0 saturated heterocycles. The van der Waals surface area contributed by atoms with Crippen molar-refractivity contribution in [1.29, 1.82) is 0 Å². The van der Waals surface area contributed by atoms with Gasteiger partial charge in [0.25, 0.3) is 0 Å². The van der Waals surface area contributed by atoms with Crippen LogP contribution in [0.2, 0.25) is 5.15 Å². The minimum absolute atomic E-state index is 0.337. The van der Waals surface area contributed by atoms with Gasteiger partial charge in [0.05, 0.1) is 17.9 Å². The van der Waals surface area contributed by atoms with Crippen LogP contribution >= 0.6 is 23.8 Å². The molecular formula is C15H14ClN3O2S. The number of ether oxygens (including phenoxy) is 1. The monoisotopic (exact) mass is 335 g/mol. The van der Waals surface area contributed by atoms with Crippen molar-refractivity contribution in [2.24, 2.45) is 0 Å². The van der Waals surface area contributed by atoms with Crippen molar-refractivity contribution in [2.45, 2.75) is 6.92 Å². The highest BCUT2D eigenvalue weighted by Gasteiger charge is 2.07. The number of halogens is 1. The van der Waals surface area contributed by atoms with E-state index in [0.29, 0.717) is 28.1 Å². The lowest BCUT2D eigenvalue weighted by Gasteiger charge is -2.11. The molecule has 1 heterocycles. The van der Waals surface area contributed by atoms with Crippen LogP contribution in [0.3, 0.4) is 0 Å². The number of pyridine rings is 1. The molecule has 0 atom stereocenters. The topological polar surface area (TPSA) is 63.2 Å². The number of esters is 1. The highest BCUT2D eigenvalue weighted by Crippen LogP contribution is 2.18. The van der Waals surface area contributed by atoms with E-state index in [0.717, 1.165) is 5.69 Å². The number of nitrogens with zero attached hydrogens (tertiary/aromatic N) is 1. The van der Waals surface area contributed by atoms with Gasteiger partial charge in [-0.15, -0.1) is 0 Å². The maximum Gasteiger partial charge on any atom is 0.338 e. The van der Waals surface area contributed by atoms with Crippen LogP contribution in [-0.4, -0.2) is 22.7 Å². The standard InChI is InChI=1S/C15H14ClN3O2S/c1-2-21-14(20)10-5-7-11(8-6-10)18-15(22)19-12-4-3-9-17-13(12)16/h3-9H,2H2,1H3,(H2,18,19,22). The molecule has 0 saturated carbocycles. The second kappa shape index (κ2) is 7.72. The van der Waals surface area contributed by atoms with E-state index in [-0.39, 0.29) is 5.97 Å². The van der Waals surface area contributed by atoms with Gasteiger partial charge in [0.15, 0.2) is 10.3 Å². The average Bonchev–Trinajstić information content (AvgIpc) is 2.50. The lowest BCUT2D eigenvalue weighted by Crippen LogP contribution is -2.19. The predicted molar refractivity (Wildman–Crippen MR) is 91.5 cm³/mol. The summed E-state index contributed by atoms with van der Waals surface area (Å²) in [5.41, 5.74) is 1.84. The van der Waals surface area contributed by atoms with Gasteiger partial charge >= 0.3 is 5.97 Å². The summed E-state index contributed by atoms with van der Waals surface area (Å²) in [5.74, 6) is -0.350. The zero-order valence-electron chi connectivity index (χ0n) is 11.8. The first kappa shape index (κ1) is 16.2. The molecule has 114 valence electrons. The summed E-state index contributed by atoms with van der Waals surface area (Å²) in [7, 11) is 0. The number of nitrogens with one attached hydrogen (secondary N) is 2. The van der Waals surface area contributed by atoms with E-state index in [4.69, 9.17) is 28.6 Å². The first-order valence-electron chi connectivity index (χ1n) is 6.56. The molecule has 1 aromatic carbocycles. The van der Waals surface area contributed by atoms with E-state index in [9.17, 15) is 4.79 Å². The second-order valence-corrected chi connectivity index (χ2v) is 4.98. The molecule has 0 spiro atoms. The third kappa shape index (κ3) is 4.41. The van der Waals surface area contributed by atoms with Crippen LogP contribution in [0.1, 0.15) is 17.3 Å². The van der Waals surface area contributed by atoms with Gasteiger partial charge in [0, 0.05) is 11.9 Å². The molecule has 2 aromatic rings. The van der Waals surface area contributed by atoms with E-state index in [1.807, 2.05) is 0 Å². The molecule has 2 N–H and O–H groups in total. The number of hydrogen-bond donors (Lipinski definition) is 2. The average molecular weight is 336 g/mol. The van der Waals surface area contributed by atoms with Crippen LogP contribution in [0.4, 0.5) is 11.4 Å². The number of carbonyl (C=O) groups is 1. The summed E-state index contributed by atoms with van der Waals surface area (Å²) in [6.07, 6.45) is 1.60. The first-order valence-corrected chi connectivity index (χ1v) is 7.34. The van der Waals surface area contributed by atoms with Crippen molar-refractivity contribution in [1.82, 2.24) is 4.98 Å². The molecule has 1 aromatic heterocycles. The molecule has 0 aliphatic heterocycles. The number of hydrogen-bond acceptors (Lipinski definition) is 4. The SMILES string of the molecule is CCOC(=O)c1ccc(NC(=S)Nc2cccnc2Cl)cc1. The number of anilines is 2. The largest absolute Gasteiger partial charge is 0.462 e. The normalized spacial score (nSPS) is 9.91. The smallest absolute Gasteiger partial charge is 0.338 e. The number of benzene rings is 1. The van der Waals surface area contributed by atoms with Gasteiger partial charge in [-0.05, 0) is 55.5 Å². The van der Waals surface area contributed by atoms with Crippen LogP contribution in [-0.2, 0) is 4.74 Å². The molecule has 0 amide bonds. The maximum absolute atomic E-state index is 11.6. The lowest BCUT2D eigenvalue weighted by atomic mass is 10.2. The van der Waals surface area contributed by atoms with Crippen molar-refractivity contribution in [2.75, 3.05) is 17.2 Å². The second-order valence-electron chi connectivity index (χ2n) is 4.22. The summed E-state index contributed by atoms with van der Waals surface area (Å²) in [6.45, 7) is 2.11. The summed E-state index contributed by atoms with van der Waals surface area (Å²) in [4.78, 5) is 15.5. The molecule has 0 unspecified atom stereocenters. The zero-order valence-corrected chi connectivity index (χ0v) is 13.4. The van der Waals surface area contributed by atoms with E-state index in [2.05, 4.69) is 15.6 Å². The quantitative estimate of drug-likeness (QED) is 0.504. The van der Waals surface area contributed by atoms with Gasteiger partial charge in [0.1, 0.15) is 0 Å². The van der Waals surface area contributed by atoms with Crippen molar-refractivity contribution in [3.63, 3.8) is 0 Å². The highest BCUT2D eigenvalue weighted by molar-refractivity contribution is 7.80. The van der Waals surface area contributed by atoms with E-state index in [1.165, 1.54) is 0 Å². The summed E-state index contributed by atoms with van der Waals surface area (Å²) in [6, 6.07) is 10.3. The van der Waals surface area contributed by atoms with Gasteiger partial charge < -0.3 is 15.4 Å². The van der Waals surface area contributed by atoms with Crippen LogP contribution in [0.25, 0.3) is 0 Å². The van der Waals surface area contributed by atoms with Gasteiger partial charge in [-0.1, -0.05) is 11.6 Å². The Morgan fingerprint density at radius 3 is 2.64 bits per heavy atom. The van der Waals surface area contributed by atoms with Crippen LogP contribution < -0.4 is 10.6 Å². The zero-order chi connectivity index (χ0) is 15.9. The Morgan fingerprint density at radius 1 is 1.27 bits per heavy atom. The molecule has 5 nitrogen and oxygen atoms in total. The Hall–Kier alpha value is -2.18. The molecule has 0 radical (unpaired) electrons. The van der Waals surface area contributed by atoms with Crippen LogP contribution in [0.15, 0.2) is 42.6 Å². The van der Waals surface area contributed by atoms with E-state index >= 15 is 0 Å². The fourth-order valence-electron chi connectivity index (χ4n) is 1.67. The van der Waals surface area contributed by atoms with Gasteiger partial charge in [-0.2, -0.15) is 0 Å². The molecule has 7 heteroatoms. The minimum atomic E-state index is -0.350. The molecule has 0 bridgehead atoms. The molecule has 0 aliphatic carbocycles. The van der Waals surface area contributed by atoms with E-state index in [1.54, 1.807) is 49.5 Å². The van der Waals surface area contributed by atoms with Gasteiger partial charge in [-0.3, -0.25) is 0 Å². The number of rotatable bonds is 4. The summed E-state index contributed by atoms with van der Waals surface area (Å²) < 4.78 is 4.92. The molecule has 22 heavy (non-hydrogen) atoms. The number of thiocarbonyl (C=S) groups is 1. The molecule has 0 aliphatic rings. The molecule has 0 fully saturated rings. The Balaban J connectivity index is 1.97. The third-order valence-electron chi connectivity index (χ3n) is 2.66. The Kier molecular flexibility index (Phi) is 5.68. The van der Waals surface area contributed by atoms with Crippen molar-refractivity contribution in [3.05, 3.63) is 53.3 Å². The first-order chi connectivity index (χ1) is 10.6. The number of aromatic nitrogens is 1. The van der Waals surface area contributed by atoms with Crippen molar-refractivity contribution in [3.8, 4) is 0 Å². The van der Waals surface area contributed by atoms with Crippen molar-refractivity contribution >= 4 is 46.3 Å². The minimum Gasteiger partial charge on any atom is -0.462 e. The predicted octanol–water partition coefficient (Wildman–Crippen LogP) is 3.72. The van der Waals surface area contributed by atoms with Crippen LogP contribution in [0.5, 0.6) is 0 Å². The van der Waals surface area contributed by atoms with Crippen molar-refractivity contribution < 1.29 is 9.53 Å². The Labute approximate surface area is 138 Å². The fraction of sp³-hybridized carbons (Fsp3) is 0.133. The fourth-order valence-corrected chi connectivity index (χ4v) is 2.06. The number of carbonyl (C=O) groups excluding carboxylic acids is 1. The summed E-state index contributed by atoms with van der Waals surface area (Å²) in [5, 5.41) is 6.66. The maximum atomic E-state index is 11.6. The lowest BCUT2D eigenvalue weighted by molar-refractivity contribution is 0.0526. The highest BCUT2D eigenvalue weighted by atomic mass is 35.5. The Bertz CT molecular complexity index is 677. The van der Waals surface area contributed by atoms with Gasteiger partial charge in [-0.25, -0.2) is 9.78 Å². The summed E-state index contributed by atoms with van der Waals surface area (Å²) >= 11 is 11.1. The van der Waals surface area contributed by atoms with Gasteiger partial charge in [0.2, 0.25) is 0 Å². The third-order valence-corrected chi connectivity index (χ3v) is 3.17. The Morgan fingerprint density at radius 2 is 2.00 bits per heavy atom. The van der Waals surface area contributed by atoms with Crippen LogP contribution in [0, 0.1) is 0 Å². The molecular weight excluding hydrogens is 322 g/mol. The van der Waals surface area contributed by atoms with E-state index < -0.39 is 0 Å². The molecule has 2 rings (SSSR count).